The van der Waals surface area contributed by atoms with E-state index in [0.717, 1.165) is 5.56 Å². The second kappa shape index (κ2) is 6.16. The molecule has 0 aromatic heterocycles. The third-order valence-corrected chi connectivity index (χ3v) is 2.35. The standard InChI is InChI=1S/C13H18O3/c1-4-11(14)7-8-16-12-6-5-10(2)9-13(12)15-3/h5-6,9H,4,7-8H2,1-3H3. The number of methoxy groups -OCH3 is 1. The molecule has 0 heterocycles. The minimum absolute atomic E-state index is 0.214. The Morgan fingerprint density at radius 3 is 2.69 bits per heavy atom. The van der Waals surface area contributed by atoms with Crippen molar-refractivity contribution in [3.8, 4) is 11.5 Å². The van der Waals surface area contributed by atoms with Gasteiger partial charge in [-0.2, -0.15) is 0 Å². The summed E-state index contributed by atoms with van der Waals surface area (Å²) in [6.45, 7) is 4.26. The number of hydrogen-bond donors (Lipinski definition) is 0. The van der Waals surface area contributed by atoms with Crippen molar-refractivity contribution in [1.82, 2.24) is 0 Å². The molecule has 1 aromatic carbocycles. The molecule has 1 rings (SSSR count). The van der Waals surface area contributed by atoms with Crippen LogP contribution in [0.4, 0.5) is 0 Å². The van der Waals surface area contributed by atoms with Gasteiger partial charge in [0.1, 0.15) is 5.78 Å². The molecule has 0 aliphatic carbocycles. The lowest BCUT2D eigenvalue weighted by Gasteiger charge is -2.10. The summed E-state index contributed by atoms with van der Waals surface area (Å²) in [6, 6.07) is 5.74. The van der Waals surface area contributed by atoms with Gasteiger partial charge in [0, 0.05) is 12.8 Å². The molecule has 0 aliphatic heterocycles. The fourth-order valence-corrected chi connectivity index (χ4v) is 1.35. The first kappa shape index (κ1) is 12.6. The smallest absolute Gasteiger partial charge is 0.161 e. The van der Waals surface area contributed by atoms with Gasteiger partial charge in [-0.05, 0) is 24.6 Å². The maximum atomic E-state index is 11.1. The summed E-state index contributed by atoms with van der Waals surface area (Å²) < 4.78 is 10.7. The molecule has 0 radical (unpaired) electrons. The SMILES string of the molecule is CCC(=O)CCOc1ccc(C)cc1OC. The van der Waals surface area contributed by atoms with Gasteiger partial charge in [-0.1, -0.05) is 13.0 Å². The number of ether oxygens (including phenoxy) is 2. The maximum absolute atomic E-state index is 11.1. The quantitative estimate of drug-likeness (QED) is 0.742. The molecule has 0 aliphatic rings. The Morgan fingerprint density at radius 1 is 1.31 bits per heavy atom. The molecule has 0 bridgehead atoms. The summed E-state index contributed by atoms with van der Waals surface area (Å²) in [7, 11) is 1.61. The number of carbonyl (C=O) groups excluding carboxylic acids is 1. The van der Waals surface area contributed by atoms with E-state index in [1.54, 1.807) is 7.11 Å². The number of rotatable bonds is 6. The minimum atomic E-state index is 0.214. The van der Waals surface area contributed by atoms with Gasteiger partial charge in [0.25, 0.3) is 0 Å². The van der Waals surface area contributed by atoms with Crippen LogP contribution in [0.3, 0.4) is 0 Å². The number of carbonyl (C=O) groups is 1. The highest BCUT2D eigenvalue weighted by molar-refractivity contribution is 5.78. The Labute approximate surface area is 96.4 Å². The van der Waals surface area contributed by atoms with Crippen molar-refractivity contribution in [2.75, 3.05) is 13.7 Å². The van der Waals surface area contributed by atoms with Crippen LogP contribution in [-0.2, 0) is 4.79 Å². The van der Waals surface area contributed by atoms with E-state index < -0.39 is 0 Å². The lowest BCUT2D eigenvalue weighted by molar-refractivity contribution is -0.119. The highest BCUT2D eigenvalue weighted by Gasteiger charge is 2.05. The van der Waals surface area contributed by atoms with Crippen LogP contribution in [-0.4, -0.2) is 19.5 Å². The van der Waals surface area contributed by atoms with Crippen LogP contribution < -0.4 is 9.47 Å². The van der Waals surface area contributed by atoms with E-state index in [9.17, 15) is 4.79 Å². The van der Waals surface area contributed by atoms with E-state index in [2.05, 4.69) is 0 Å². The predicted octanol–water partition coefficient (Wildman–Crippen LogP) is 2.75. The molecule has 16 heavy (non-hydrogen) atoms. The summed E-state index contributed by atoms with van der Waals surface area (Å²) in [4.78, 5) is 11.1. The normalized spacial score (nSPS) is 9.94. The molecule has 0 spiro atoms. The largest absolute Gasteiger partial charge is 0.493 e. The van der Waals surface area contributed by atoms with Crippen LogP contribution in [0.1, 0.15) is 25.3 Å². The number of benzene rings is 1. The molecule has 0 saturated heterocycles. The number of ketones is 1. The lowest BCUT2D eigenvalue weighted by Crippen LogP contribution is -2.05. The Balaban J connectivity index is 2.56. The Bertz CT molecular complexity index is 358. The van der Waals surface area contributed by atoms with Crippen LogP contribution in [0.25, 0.3) is 0 Å². The molecule has 88 valence electrons. The third kappa shape index (κ3) is 3.57. The minimum Gasteiger partial charge on any atom is -0.493 e. The fourth-order valence-electron chi connectivity index (χ4n) is 1.35. The first-order chi connectivity index (χ1) is 7.67. The van der Waals surface area contributed by atoms with E-state index in [1.807, 2.05) is 32.0 Å². The highest BCUT2D eigenvalue weighted by atomic mass is 16.5. The second-order valence-electron chi connectivity index (χ2n) is 3.65. The lowest BCUT2D eigenvalue weighted by atomic mass is 10.2. The van der Waals surface area contributed by atoms with Crippen LogP contribution in [0.5, 0.6) is 11.5 Å². The van der Waals surface area contributed by atoms with Crippen LogP contribution in [0, 0.1) is 6.92 Å². The van der Waals surface area contributed by atoms with Crippen molar-refractivity contribution in [1.29, 1.82) is 0 Å². The zero-order valence-electron chi connectivity index (χ0n) is 10.1. The molecule has 3 heteroatoms. The van der Waals surface area contributed by atoms with Gasteiger partial charge in [-0.25, -0.2) is 0 Å². The van der Waals surface area contributed by atoms with E-state index in [-0.39, 0.29) is 5.78 Å². The molecular formula is C13H18O3. The first-order valence-corrected chi connectivity index (χ1v) is 5.46. The van der Waals surface area contributed by atoms with E-state index in [1.165, 1.54) is 0 Å². The molecule has 0 fully saturated rings. The molecule has 3 nitrogen and oxygen atoms in total. The summed E-state index contributed by atoms with van der Waals surface area (Å²) in [5.41, 5.74) is 1.12. The van der Waals surface area contributed by atoms with Gasteiger partial charge in [-0.15, -0.1) is 0 Å². The van der Waals surface area contributed by atoms with Crippen LogP contribution >= 0.6 is 0 Å². The number of Topliss-reactive ketones (excluding diaryl/α,β-unsaturated/α-hetero) is 1. The second-order valence-corrected chi connectivity index (χ2v) is 3.65. The predicted molar refractivity (Wildman–Crippen MR) is 63.1 cm³/mol. The van der Waals surface area contributed by atoms with Crippen molar-refractivity contribution in [2.45, 2.75) is 26.7 Å². The van der Waals surface area contributed by atoms with Crippen molar-refractivity contribution in [3.05, 3.63) is 23.8 Å². The van der Waals surface area contributed by atoms with Gasteiger partial charge in [0.05, 0.1) is 13.7 Å². The van der Waals surface area contributed by atoms with Gasteiger partial charge in [0.2, 0.25) is 0 Å². The zero-order chi connectivity index (χ0) is 12.0. The summed E-state index contributed by atoms with van der Waals surface area (Å²) in [5.74, 6) is 1.62. The zero-order valence-corrected chi connectivity index (χ0v) is 10.1. The van der Waals surface area contributed by atoms with E-state index in [0.29, 0.717) is 30.9 Å². The Hall–Kier alpha value is -1.51. The highest BCUT2D eigenvalue weighted by Crippen LogP contribution is 2.27. The molecule has 0 atom stereocenters. The van der Waals surface area contributed by atoms with Crippen LogP contribution in [0.15, 0.2) is 18.2 Å². The molecule has 0 N–H and O–H groups in total. The van der Waals surface area contributed by atoms with Gasteiger partial charge in [-0.3, -0.25) is 4.79 Å². The molecule has 0 saturated carbocycles. The van der Waals surface area contributed by atoms with Crippen molar-refractivity contribution in [3.63, 3.8) is 0 Å². The molecule has 0 amide bonds. The average molecular weight is 222 g/mol. The third-order valence-electron chi connectivity index (χ3n) is 2.35. The Kier molecular flexibility index (Phi) is 4.83. The van der Waals surface area contributed by atoms with E-state index >= 15 is 0 Å². The molecular weight excluding hydrogens is 204 g/mol. The summed E-state index contributed by atoms with van der Waals surface area (Å²) in [6.07, 6.45) is 1.02. The monoisotopic (exact) mass is 222 g/mol. The Morgan fingerprint density at radius 2 is 2.06 bits per heavy atom. The van der Waals surface area contributed by atoms with Gasteiger partial charge >= 0.3 is 0 Å². The number of aryl methyl sites for hydroxylation is 1. The maximum Gasteiger partial charge on any atom is 0.161 e. The number of hydrogen-bond acceptors (Lipinski definition) is 3. The van der Waals surface area contributed by atoms with Gasteiger partial charge < -0.3 is 9.47 Å². The topological polar surface area (TPSA) is 35.5 Å². The first-order valence-electron chi connectivity index (χ1n) is 5.46. The van der Waals surface area contributed by atoms with Crippen LogP contribution in [0.2, 0.25) is 0 Å². The molecule has 0 unspecified atom stereocenters. The fraction of sp³-hybridized carbons (Fsp3) is 0.462. The van der Waals surface area contributed by atoms with Gasteiger partial charge in [0.15, 0.2) is 11.5 Å². The van der Waals surface area contributed by atoms with E-state index in [4.69, 9.17) is 9.47 Å². The summed E-state index contributed by atoms with van der Waals surface area (Å²) in [5, 5.41) is 0. The van der Waals surface area contributed by atoms with Crippen molar-refractivity contribution in [2.24, 2.45) is 0 Å². The van der Waals surface area contributed by atoms with Crippen molar-refractivity contribution >= 4 is 5.78 Å². The summed E-state index contributed by atoms with van der Waals surface area (Å²) >= 11 is 0. The van der Waals surface area contributed by atoms with Crippen molar-refractivity contribution < 1.29 is 14.3 Å². The average Bonchev–Trinajstić information content (AvgIpc) is 2.30. The molecule has 1 aromatic rings.